The van der Waals surface area contributed by atoms with Gasteiger partial charge < -0.3 is 10.1 Å². The fourth-order valence-corrected chi connectivity index (χ4v) is 1.43. The number of aryl methyl sites for hydroxylation is 1. The van der Waals surface area contributed by atoms with Crippen molar-refractivity contribution in [3.8, 4) is 0 Å². The molecule has 0 atom stereocenters. The smallest absolute Gasteiger partial charge is 0.0702 e. The van der Waals surface area contributed by atoms with Crippen LogP contribution in [0.1, 0.15) is 11.1 Å². The average Bonchev–Trinajstić information content (AvgIpc) is 2.46. The van der Waals surface area contributed by atoms with E-state index in [0.717, 1.165) is 16.5 Å². The molecule has 0 aliphatic heterocycles. The molecule has 2 heteroatoms. The average molecular weight is 161 g/mol. The van der Waals surface area contributed by atoms with Gasteiger partial charge in [-0.05, 0) is 18.6 Å². The van der Waals surface area contributed by atoms with E-state index in [2.05, 4.69) is 24.0 Å². The van der Waals surface area contributed by atoms with Gasteiger partial charge in [0.15, 0.2) is 0 Å². The molecule has 0 saturated heterocycles. The van der Waals surface area contributed by atoms with Crippen LogP contribution in [0.25, 0.3) is 10.9 Å². The summed E-state index contributed by atoms with van der Waals surface area (Å²) in [6.07, 6.45) is 1.85. The molecule has 1 aromatic heterocycles. The van der Waals surface area contributed by atoms with E-state index in [1.807, 2.05) is 12.3 Å². The minimum absolute atomic E-state index is 0.100. The first kappa shape index (κ1) is 7.37. The Kier molecular flexibility index (Phi) is 1.62. The summed E-state index contributed by atoms with van der Waals surface area (Å²) in [6, 6.07) is 6.16. The van der Waals surface area contributed by atoms with Gasteiger partial charge in [0, 0.05) is 22.7 Å². The summed E-state index contributed by atoms with van der Waals surface area (Å²) in [6.45, 7) is 2.15. The molecule has 1 aromatic carbocycles. The highest BCUT2D eigenvalue weighted by atomic mass is 16.3. The second kappa shape index (κ2) is 2.64. The summed E-state index contributed by atoms with van der Waals surface area (Å²) < 4.78 is 0. The minimum Gasteiger partial charge on any atom is -0.392 e. The number of hydrogen-bond acceptors (Lipinski definition) is 1. The quantitative estimate of drug-likeness (QED) is 0.659. The van der Waals surface area contributed by atoms with E-state index < -0.39 is 0 Å². The predicted molar refractivity (Wildman–Crippen MR) is 49.0 cm³/mol. The maximum absolute atomic E-state index is 8.97. The summed E-state index contributed by atoms with van der Waals surface area (Å²) in [5.41, 5.74) is 3.29. The second-order valence-electron chi connectivity index (χ2n) is 3.02. The Hall–Kier alpha value is -1.28. The lowest BCUT2D eigenvalue weighted by Gasteiger charge is -1.94. The fourth-order valence-electron chi connectivity index (χ4n) is 1.43. The summed E-state index contributed by atoms with van der Waals surface area (Å²) >= 11 is 0. The van der Waals surface area contributed by atoms with Crippen molar-refractivity contribution in [2.24, 2.45) is 0 Å². The van der Waals surface area contributed by atoms with Gasteiger partial charge in [-0.15, -0.1) is 0 Å². The molecule has 2 nitrogen and oxygen atoms in total. The van der Waals surface area contributed by atoms with Crippen LogP contribution in [0.15, 0.2) is 24.4 Å². The Morgan fingerprint density at radius 3 is 3.00 bits per heavy atom. The zero-order valence-electron chi connectivity index (χ0n) is 6.96. The van der Waals surface area contributed by atoms with E-state index in [-0.39, 0.29) is 6.61 Å². The van der Waals surface area contributed by atoms with Crippen molar-refractivity contribution in [3.05, 3.63) is 35.5 Å². The molecule has 0 aliphatic rings. The summed E-state index contributed by atoms with van der Waals surface area (Å²) in [5.74, 6) is 0. The van der Waals surface area contributed by atoms with Crippen molar-refractivity contribution in [1.29, 1.82) is 0 Å². The zero-order valence-corrected chi connectivity index (χ0v) is 6.96. The van der Waals surface area contributed by atoms with Crippen molar-refractivity contribution < 1.29 is 5.11 Å². The van der Waals surface area contributed by atoms with Gasteiger partial charge in [0.2, 0.25) is 0 Å². The van der Waals surface area contributed by atoms with Crippen molar-refractivity contribution in [3.63, 3.8) is 0 Å². The standard InChI is InChI=1S/C10H11NO/c1-7-2-3-9-8(6-12)5-11-10(9)4-7/h2-5,11-12H,6H2,1H3. The predicted octanol–water partition coefficient (Wildman–Crippen LogP) is 1.97. The molecule has 0 amide bonds. The van der Waals surface area contributed by atoms with E-state index in [0.29, 0.717) is 0 Å². The molecule has 0 fully saturated rings. The second-order valence-corrected chi connectivity index (χ2v) is 3.02. The SMILES string of the molecule is Cc1ccc2c(CO)c[nH]c2c1. The van der Waals surface area contributed by atoms with Crippen LogP contribution in [-0.4, -0.2) is 10.1 Å². The molecule has 2 rings (SSSR count). The van der Waals surface area contributed by atoms with Gasteiger partial charge in [-0.3, -0.25) is 0 Å². The van der Waals surface area contributed by atoms with Gasteiger partial charge in [0.1, 0.15) is 0 Å². The van der Waals surface area contributed by atoms with Crippen LogP contribution in [0.5, 0.6) is 0 Å². The molecule has 62 valence electrons. The maximum Gasteiger partial charge on any atom is 0.0702 e. The highest BCUT2D eigenvalue weighted by molar-refractivity contribution is 5.83. The number of nitrogens with one attached hydrogen (secondary N) is 1. The molecular weight excluding hydrogens is 150 g/mol. The Morgan fingerprint density at radius 1 is 1.42 bits per heavy atom. The number of H-pyrrole nitrogens is 1. The number of aromatic amines is 1. The van der Waals surface area contributed by atoms with Gasteiger partial charge in [-0.1, -0.05) is 12.1 Å². The molecule has 12 heavy (non-hydrogen) atoms. The van der Waals surface area contributed by atoms with Crippen LogP contribution in [0, 0.1) is 6.92 Å². The first-order chi connectivity index (χ1) is 5.81. The van der Waals surface area contributed by atoms with Crippen LogP contribution in [-0.2, 0) is 6.61 Å². The van der Waals surface area contributed by atoms with E-state index >= 15 is 0 Å². The number of aliphatic hydroxyl groups is 1. The van der Waals surface area contributed by atoms with Gasteiger partial charge in [0.05, 0.1) is 6.61 Å². The monoisotopic (exact) mass is 161 g/mol. The van der Waals surface area contributed by atoms with Gasteiger partial charge in [-0.2, -0.15) is 0 Å². The first-order valence-corrected chi connectivity index (χ1v) is 3.99. The lowest BCUT2D eigenvalue weighted by Crippen LogP contribution is -1.78. The molecule has 2 N–H and O–H groups in total. The molecule has 1 heterocycles. The molecule has 0 spiro atoms. The normalized spacial score (nSPS) is 10.8. The van der Waals surface area contributed by atoms with Gasteiger partial charge in [0.25, 0.3) is 0 Å². The Morgan fingerprint density at radius 2 is 2.25 bits per heavy atom. The van der Waals surface area contributed by atoms with E-state index in [9.17, 15) is 0 Å². The fraction of sp³-hybridized carbons (Fsp3) is 0.200. The van der Waals surface area contributed by atoms with E-state index in [1.165, 1.54) is 5.56 Å². The lowest BCUT2D eigenvalue weighted by atomic mass is 10.1. The molecular formula is C10H11NO. The third kappa shape index (κ3) is 1.01. The topological polar surface area (TPSA) is 36.0 Å². The molecule has 0 saturated carbocycles. The summed E-state index contributed by atoms with van der Waals surface area (Å²) in [7, 11) is 0. The molecule has 0 bridgehead atoms. The van der Waals surface area contributed by atoms with Crippen LogP contribution in [0.3, 0.4) is 0 Å². The van der Waals surface area contributed by atoms with Gasteiger partial charge >= 0.3 is 0 Å². The molecule has 0 radical (unpaired) electrons. The number of aromatic nitrogens is 1. The lowest BCUT2D eigenvalue weighted by molar-refractivity contribution is 0.283. The van der Waals surface area contributed by atoms with Crippen molar-refractivity contribution in [2.45, 2.75) is 13.5 Å². The Balaban J connectivity index is 2.73. The third-order valence-corrected chi connectivity index (χ3v) is 2.09. The Labute approximate surface area is 70.8 Å². The van der Waals surface area contributed by atoms with Crippen molar-refractivity contribution >= 4 is 10.9 Å². The Bertz CT molecular complexity index is 403. The largest absolute Gasteiger partial charge is 0.392 e. The molecule has 0 unspecified atom stereocenters. The summed E-state index contributed by atoms with van der Waals surface area (Å²) in [4.78, 5) is 3.12. The number of hydrogen-bond donors (Lipinski definition) is 2. The van der Waals surface area contributed by atoms with Crippen molar-refractivity contribution in [2.75, 3.05) is 0 Å². The minimum atomic E-state index is 0.100. The summed E-state index contributed by atoms with van der Waals surface area (Å²) in [5, 5.41) is 10.1. The third-order valence-electron chi connectivity index (χ3n) is 2.09. The number of rotatable bonds is 1. The van der Waals surface area contributed by atoms with Crippen molar-refractivity contribution in [1.82, 2.24) is 4.98 Å². The van der Waals surface area contributed by atoms with Crippen LogP contribution in [0.4, 0.5) is 0 Å². The number of aliphatic hydroxyl groups excluding tert-OH is 1. The molecule has 2 aromatic rings. The number of fused-ring (bicyclic) bond motifs is 1. The van der Waals surface area contributed by atoms with Crippen LogP contribution >= 0.6 is 0 Å². The zero-order chi connectivity index (χ0) is 8.55. The number of benzene rings is 1. The highest BCUT2D eigenvalue weighted by Gasteiger charge is 2.00. The van der Waals surface area contributed by atoms with Crippen LogP contribution < -0.4 is 0 Å². The highest BCUT2D eigenvalue weighted by Crippen LogP contribution is 2.18. The molecule has 0 aliphatic carbocycles. The van der Waals surface area contributed by atoms with E-state index in [4.69, 9.17) is 5.11 Å². The maximum atomic E-state index is 8.97. The van der Waals surface area contributed by atoms with Gasteiger partial charge in [-0.25, -0.2) is 0 Å². The first-order valence-electron chi connectivity index (χ1n) is 3.99. The van der Waals surface area contributed by atoms with Crippen LogP contribution in [0.2, 0.25) is 0 Å². The van der Waals surface area contributed by atoms with E-state index in [1.54, 1.807) is 0 Å².